The zero-order chi connectivity index (χ0) is 22.8. The van der Waals surface area contributed by atoms with Crippen molar-refractivity contribution >= 4 is 17.7 Å². The Labute approximate surface area is 184 Å². The third kappa shape index (κ3) is 5.64. The van der Waals surface area contributed by atoms with Crippen LogP contribution in [0, 0.1) is 11.3 Å². The molecule has 2 aliphatic rings. The Kier molecular flexibility index (Phi) is 6.74. The molecular formula is C24H34N2O5. The number of aliphatic hydroxyl groups is 1. The molecule has 0 bridgehead atoms. The van der Waals surface area contributed by atoms with Crippen molar-refractivity contribution in [3.63, 3.8) is 0 Å². The molecule has 1 saturated heterocycles. The van der Waals surface area contributed by atoms with Crippen molar-refractivity contribution in [2.45, 2.75) is 71.4 Å². The highest BCUT2D eigenvalue weighted by Crippen LogP contribution is 2.46. The highest BCUT2D eigenvalue weighted by Gasteiger charge is 2.56. The third-order valence-electron chi connectivity index (χ3n) is 6.15. The van der Waals surface area contributed by atoms with E-state index in [1.54, 1.807) is 19.1 Å². The predicted molar refractivity (Wildman–Crippen MR) is 117 cm³/mol. The van der Waals surface area contributed by atoms with E-state index in [1.807, 2.05) is 12.1 Å². The maximum Gasteiger partial charge on any atom is 0.325 e. The molecule has 7 nitrogen and oxygen atoms in total. The Hall–Kier alpha value is -2.41. The van der Waals surface area contributed by atoms with Crippen molar-refractivity contribution in [3.05, 3.63) is 29.8 Å². The number of ketones is 1. The normalized spacial score (nSPS) is 26.1. The van der Waals surface area contributed by atoms with Crippen molar-refractivity contribution in [1.82, 2.24) is 10.2 Å². The Balaban J connectivity index is 1.54. The monoisotopic (exact) mass is 430 g/mol. The number of nitrogens with one attached hydrogen (secondary N) is 1. The number of β-amino-alcohol motifs (C(OH)–C–C–N with tert-alkyl or cyclic N) is 1. The summed E-state index contributed by atoms with van der Waals surface area (Å²) in [5.74, 6) is 0.824. The van der Waals surface area contributed by atoms with Crippen molar-refractivity contribution < 1.29 is 24.2 Å². The minimum Gasteiger partial charge on any atom is -0.491 e. The quantitative estimate of drug-likeness (QED) is 0.618. The Bertz CT molecular complexity index is 835. The predicted octanol–water partition coefficient (Wildman–Crippen LogP) is 3.08. The van der Waals surface area contributed by atoms with E-state index in [0.717, 1.165) is 16.9 Å². The molecule has 0 unspecified atom stereocenters. The van der Waals surface area contributed by atoms with Crippen LogP contribution in [0.15, 0.2) is 24.3 Å². The van der Waals surface area contributed by atoms with Gasteiger partial charge in [-0.2, -0.15) is 0 Å². The van der Waals surface area contributed by atoms with E-state index in [9.17, 15) is 19.5 Å². The number of urea groups is 1. The number of carbonyl (C=O) groups excluding carboxylic acids is 3. The summed E-state index contributed by atoms with van der Waals surface area (Å²) < 4.78 is 5.63. The molecule has 170 valence electrons. The molecule has 1 saturated carbocycles. The lowest BCUT2D eigenvalue weighted by molar-refractivity contribution is -0.135. The third-order valence-corrected chi connectivity index (χ3v) is 6.15. The minimum atomic E-state index is -0.990. The van der Waals surface area contributed by atoms with Gasteiger partial charge >= 0.3 is 6.03 Å². The van der Waals surface area contributed by atoms with Crippen molar-refractivity contribution in [2.24, 2.45) is 11.3 Å². The number of hydrogen-bond donors (Lipinski definition) is 2. The average Bonchev–Trinajstić information content (AvgIpc) is 2.87. The molecule has 1 aromatic rings. The molecule has 1 aliphatic heterocycles. The minimum absolute atomic E-state index is 0.0290. The molecule has 1 aromatic carbocycles. The number of Topliss-reactive ketones (excluding diaryl/α,β-unsaturated/α-hetero) is 1. The smallest absolute Gasteiger partial charge is 0.325 e. The summed E-state index contributed by atoms with van der Waals surface area (Å²) in [6, 6.07) is 6.91. The first-order chi connectivity index (χ1) is 14.5. The molecule has 0 aromatic heterocycles. The zero-order valence-electron chi connectivity index (χ0n) is 18.9. The number of hydrogen-bond acceptors (Lipinski definition) is 5. The maximum absolute atomic E-state index is 13.1. The fourth-order valence-electron chi connectivity index (χ4n) is 5.20. The Morgan fingerprint density at radius 2 is 1.94 bits per heavy atom. The van der Waals surface area contributed by atoms with Crippen molar-refractivity contribution in [2.75, 3.05) is 13.2 Å². The molecule has 3 amide bonds. The number of aliphatic hydroxyl groups excluding tert-OH is 1. The number of ether oxygens (including phenoxy) is 1. The lowest BCUT2D eigenvalue weighted by atomic mass is 9.64. The average molecular weight is 431 g/mol. The molecule has 0 radical (unpaired) electrons. The van der Waals surface area contributed by atoms with E-state index < -0.39 is 17.7 Å². The van der Waals surface area contributed by atoms with Crippen LogP contribution in [0.1, 0.15) is 58.9 Å². The molecule has 3 atom stereocenters. The molecule has 7 heteroatoms. The molecule has 3 rings (SSSR count). The van der Waals surface area contributed by atoms with Gasteiger partial charge in [-0.1, -0.05) is 32.9 Å². The maximum atomic E-state index is 13.1. The lowest BCUT2D eigenvalue weighted by Gasteiger charge is -2.43. The van der Waals surface area contributed by atoms with Gasteiger partial charge in [0.15, 0.2) is 0 Å². The van der Waals surface area contributed by atoms with E-state index in [2.05, 4.69) is 26.1 Å². The first-order valence-electron chi connectivity index (χ1n) is 11.0. The van der Waals surface area contributed by atoms with E-state index in [4.69, 9.17) is 4.74 Å². The summed E-state index contributed by atoms with van der Waals surface area (Å²) in [6.45, 7) is 7.80. The van der Waals surface area contributed by atoms with Crippen LogP contribution in [-0.2, 0) is 16.0 Å². The van der Waals surface area contributed by atoms with Gasteiger partial charge in [0.25, 0.3) is 5.91 Å². The molecular weight excluding hydrogens is 396 g/mol. The fraction of sp³-hybridized carbons (Fsp3) is 0.625. The van der Waals surface area contributed by atoms with Gasteiger partial charge in [0.1, 0.15) is 29.8 Å². The summed E-state index contributed by atoms with van der Waals surface area (Å²) >= 11 is 0. The first kappa shape index (κ1) is 23.3. The van der Waals surface area contributed by atoms with Crippen LogP contribution in [0.25, 0.3) is 0 Å². The van der Waals surface area contributed by atoms with Crippen LogP contribution < -0.4 is 10.1 Å². The summed E-state index contributed by atoms with van der Waals surface area (Å²) in [5.41, 5.74) is 0.140. The second-order valence-electron chi connectivity index (χ2n) is 10.1. The van der Waals surface area contributed by atoms with Gasteiger partial charge in [-0.25, -0.2) is 4.79 Å². The molecule has 31 heavy (non-hydrogen) atoms. The van der Waals surface area contributed by atoms with Crippen LogP contribution in [-0.4, -0.2) is 52.5 Å². The van der Waals surface area contributed by atoms with Gasteiger partial charge in [0.2, 0.25) is 0 Å². The second-order valence-corrected chi connectivity index (χ2v) is 10.1. The SMILES string of the molecule is CC(=O)CCc1ccc(OC[C@@H](O)CN2C(=O)N[C@@]3(C[C@@H](C)CC(C)(C)C3)C2=O)cc1. The largest absolute Gasteiger partial charge is 0.491 e. The number of carbonyl (C=O) groups is 3. The molecule has 1 spiro atoms. The van der Waals surface area contributed by atoms with E-state index in [-0.39, 0.29) is 30.3 Å². The topological polar surface area (TPSA) is 95.9 Å². The molecule has 2 N–H and O–H groups in total. The van der Waals surface area contributed by atoms with Gasteiger partial charge < -0.3 is 20.0 Å². The van der Waals surface area contributed by atoms with Crippen LogP contribution >= 0.6 is 0 Å². The van der Waals surface area contributed by atoms with E-state index in [0.29, 0.717) is 37.4 Å². The Morgan fingerprint density at radius 1 is 1.26 bits per heavy atom. The van der Waals surface area contributed by atoms with E-state index >= 15 is 0 Å². The summed E-state index contributed by atoms with van der Waals surface area (Å²) in [4.78, 5) is 37.9. The lowest BCUT2D eigenvalue weighted by Crippen LogP contribution is -2.54. The van der Waals surface area contributed by atoms with E-state index in [1.165, 1.54) is 0 Å². The number of rotatable bonds is 8. The van der Waals surface area contributed by atoms with Gasteiger partial charge in [-0.3, -0.25) is 9.69 Å². The second kappa shape index (κ2) is 8.99. The van der Waals surface area contributed by atoms with Gasteiger partial charge in [-0.15, -0.1) is 0 Å². The van der Waals surface area contributed by atoms with Gasteiger partial charge in [0.05, 0.1) is 6.54 Å². The first-order valence-corrected chi connectivity index (χ1v) is 11.0. The van der Waals surface area contributed by atoms with Gasteiger partial charge in [-0.05, 0) is 61.6 Å². The highest BCUT2D eigenvalue weighted by molar-refractivity contribution is 6.07. The van der Waals surface area contributed by atoms with Crippen LogP contribution in [0.4, 0.5) is 4.79 Å². The number of imide groups is 1. The molecule has 1 heterocycles. The Morgan fingerprint density at radius 3 is 2.55 bits per heavy atom. The van der Waals surface area contributed by atoms with Gasteiger partial charge in [0, 0.05) is 6.42 Å². The summed E-state index contributed by atoms with van der Waals surface area (Å²) in [7, 11) is 0. The number of aryl methyl sites for hydroxylation is 1. The highest BCUT2D eigenvalue weighted by atomic mass is 16.5. The summed E-state index contributed by atoms with van der Waals surface area (Å²) in [6.07, 6.45) is 2.44. The van der Waals surface area contributed by atoms with Crippen molar-refractivity contribution in [1.29, 1.82) is 0 Å². The van der Waals surface area contributed by atoms with Crippen molar-refractivity contribution in [3.8, 4) is 5.75 Å². The standard InChI is InChI=1S/C24H34N2O5/c1-16-11-23(3,4)15-24(12-16)21(29)26(22(30)25-24)13-19(28)14-31-20-9-7-18(8-10-20)6-5-17(2)27/h7-10,16,19,28H,5-6,11-15H2,1-4H3,(H,25,30)/t16-,19-,24+/m0/s1. The van der Waals surface area contributed by atoms with Crippen LogP contribution in [0.3, 0.4) is 0 Å². The summed E-state index contributed by atoms with van der Waals surface area (Å²) in [5, 5.41) is 13.3. The fourth-order valence-corrected chi connectivity index (χ4v) is 5.20. The van der Waals surface area contributed by atoms with Crippen LogP contribution in [0.2, 0.25) is 0 Å². The number of nitrogens with zero attached hydrogens (tertiary/aromatic N) is 1. The number of amides is 3. The number of benzene rings is 1. The zero-order valence-corrected chi connectivity index (χ0v) is 18.9. The molecule has 2 fully saturated rings. The molecule has 1 aliphatic carbocycles. The van der Waals surface area contributed by atoms with Crippen LogP contribution in [0.5, 0.6) is 5.75 Å².